The maximum absolute atomic E-state index is 13.1. The molecule has 14 heteroatoms. The van der Waals surface area contributed by atoms with Crippen LogP contribution in [0.2, 0.25) is 5.15 Å². The van der Waals surface area contributed by atoms with Crippen molar-refractivity contribution < 1.29 is 34.8 Å². The highest BCUT2D eigenvalue weighted by atomic mass is 35.5. The molecule has 3 aromatic rings. The van der Waals surface area contributed by atoms with Crippen LogP contribution in [-0.2, 0) is 29.2 Å². The second-order valence-corrected chi connectivity index (χ2v) is 8.74. The molecule has 3 aromatic heterocycles. The van der Waals surface area contributed by atoms with Crippen molar-refractivity contribution in [1.82, 2.24) is 19.5 Å². The first-order valence-electron chi connectivity index (χ1n) is 8.07. The van der Waals surface area contributed by atoms with E-state index in [-0.39, 0.29) is 17.0 Å². The smallest absolute Gasteiger partial charge is 0.310 e. The molecule has 0 fully saturated rings. The summed E-state index contributed by atoms with van der Waals surface area (Å²) in [5.41, 5.74) is -3.42. The summed E-state index contributed by atoms with van der Waals surface area (Å²) in [5, 5.41) is -0.855. The maximum Gasteiger partial charge on any atom is 0.419 e. The van der Waals surface area contributed by atoms with Crippen LogP contribution in [0, 0.1) is 0 Å². The summed E-state index contributed by atoms with van der Waals surface area (Å²) in [6.07, 6.45) is -9.25. The van der Waals surface area contributed by atoms with Crippen LogP contribution in [-0.4, -0.2) is 33.7 Å². The third-order valence-electron chi connectivity index (χ3n) is 4.21. The summed E-state index contributed by atoms with van der Waals surface area (Å²) >= 11 is 5.60. The topological polar surface area (TPSA) is 77.7 Å². The van der Waals surface area contributed by atoms with E-state index >= 15 is 0 Å². The van der Waals surface area contributed by atoms with Crippen LogP contribution >= 0.6 is 11.6 Å². The third-order valence-corrected chi connectivity index (χ3v) is 6.24. The molecule has 3 rings (SSSR count). The van der Waals surface area contributed by atoms with Gasteiger partial charge in [0.25, 0.3) is 0 Å². The van der Waals surface area contributed by atoms with Gasteiger partial charge in [0.05, 0.1) is 21.8 Å². The van der Waals surface area contributed by atoms with E-state index in [0.29, 0.717) is 18.3 Å². The quantitative estimate of drug-likeness (QED) is 0.414. The SMILES string of the molecule is CCS(=O)(=O)c1cc(C(F)(F)F)cnc1-c1nc2cc(C(F)(F)F)c(Cl)nc2n1C. The molecule has 0 saturated carbocycles. The minimum atomic E-state index is -4.85. The van der Waals surface area contributed by atoms with Crippen molar-refractivity contribution in [2.45, 2.75) is 24.2 Å². The number of sulfone groups is 1. The van der Waals surface area contributed by atoms with Gasteiger partial charge < -0.3 is 4.57 Å². The van der Waals surface area contributed by atoms with E-state index in [1.807, 2.05) is 0 Å². The van der Waals surface area contributed by atoms with Gasteiger partial charge in [-0.15, -0.1) is 0 Å². The number of imidazole rings is 1. The molecule has 0 saturated heterocycles. The van der Waals surface area contributed by atoms with E-state index < -0.39 is 54.8 Å². The van der Waals surface area contributed by atoms with Gasteiger partial charge in [-0.05, 0) is 12.1 Å². The van der Waals surface area contributed by atoms with E-state index in [4.69, 9.17) is 11.6 Å². The minimum absolute atomic E-state index is 0.135. The minimum Gasteiger partial charge on any atom is -0.310 e. The van der Waals surface area contributed by atoms with Crippen molar-refractivity contribution in [1.29, 1.82) is 0 Å². The van der Waals surface area contributed by atoms with E-state index in [1.54, 1.807) is 0 Å². The van der Waals surface area contributed by atoms with E-state index in [2.05, 4.69) is 15.0 Å². The van der Waals surface area contributed by atoms with Gasteiger partial charge >= 0.3 is 12.4 Å². The molecule has 0 bridgehead atoms. The Kier molecular flexibility index (Phi) is 5.26. The molecular weight excluding hydrogens is 462 g/mol. The first-order valence-corrected chi connectivity index (χ1v) is 10.1. The Hall–Kier alpha value is -2.41. The molecule has 0 aliphatic carbocycles. The van der Waals surface area contributed by atoms with Gasteiger partial charge in [-0.25, -0.2) is 18.4 Å². The van der Waals surface area contributed by atoms with Crippen LogP contribution in [0.3, 0.4) is 0 Å². The van der Waals surface area contributed by atoms with E-state index in [1.165, 1.54) is 14.0 Å². The fourth-order valence-corrected chi connectivity index (χ4v) is 3.96. The van der Waals surface area contributed by atoms with Gasteiger partial charge in [0.15, 0.2) is 21.3 Å². The number of pyridine rings is 2. The molecular formula is C16H11ClF6N4O2S. The average Bonchev–Trinajstić information content (AvgIpc) is 2.95. The molecule has 0 aliphatic rings. The largest absolute Gasteiger partial charge is 0.419 e. The zero-order valence-corrected chi connectivity index (χ0v) is 16.7. The van der Waals surface area contributed by atoms with Crippen molar-refractivity contribution in [2.75, 3.05) is 5.75 Å². The van der Waals surface area contributed by atoms with Gasteiger partial charge in [-0.2, -0.15) is 26.3 Å². The molecule has 0 spiro atoms. The van der Waals surface area contributed by atoms with Crippen LogP contribution in [0.15, 0.2) is 23.2 Å². The average molecular weight is 473 g/mol. The molecule has 3 heterocycles. The molecule has 0 radical (unpaired) electrons. The Morgan fingerprint density at radius 1 is 1.07 bits per heavy atom. The fourth-order valence-electron chi connectivity index (χ4n) is 2.66. The number of aryl methyl sites for hydroxylation is 1. The monoisotopic (exact) mass is 472 g/mol. The summed E-state index contributed by atoms with van der Waals surface area (Å²) in [6, 6.07) is 1.04. The zero-order chi connectivity index (χ0) is 22.6. The Morgan fingerprint density at radius 2 is 1.70 bits per heavy atom. The highest BCUT2D eigenvalue weighted by molar-refractivity contribution is 7.91. The lowest BCUT2D eigenvalue weighted by Crippen LogP contribution is -2.13. The second kappa shape index (κ2) is 7.08. The first-order chi connectivity index (χ1) is 13.7. The van der Waals surface area contributed by atoms with Gasteiger partial charge in [0, 0.05) is 13.2 Å². The number of aromatic nitrogens is 4. The Bertz CT molecular complexity index is 1250. The molecule has 162 valence electrons. The Morgan fingerprint density at radius 3 is 2.23 bits per heavy atom. The predicted octanol–water partition coefficient (Wildman–Crippen LogP) is 4.51. The molecule has 0 atom stereocenters. The molecule has 30 heavy (non-hydrogen) atoms. The number of hydrogen-bond acceptors (Lipinski definition) is 5. The molecule has 0 N–H and O–H groups in total. The van der Waals surface area contributed by atoms with Crippen molar-refractivity contribution in [3.8, 4) is 11.5 Å². The number of hydrogen-bond donors (Lipinski definition) is 0. The third kappa shape index (κ3) is 3.83. The first kappa shape index (κ1) is 22.3. The van der Waals surface area contributed by atoms with Crippen LogP contribution in [0.4, 0.5) is 26.3 Å². The van der Waals surface area contributed by atoms with E-state index in [9.17, 15) is 34.8 Å². The Balaban J connectivity index is 2.34. The van der Waals surface area contributed by atoms with Gasteiger partial charge in [0.1, 0.15) is 16.4 Å². The standard InChI is InChI=1S/C16H11ClF6N4O2S/c1-3-30(28,29)10-4-7(15(18,19)20)6-24-11(10)14-25-9-5-8(16(21,22)23)12(17)26-13(9)27(14)2/h4-6H,3H2,1-2H3. The highest BCUT2D eigenvalue weighted by Gasteiger charge is 2.36. The molecule has 0 amide bonds. The molecule has 0 aromatic carbocycles. The summed E-state index contributed by atoms with van der Waals surface area (Å²) in [4.78, 5) is 10.4. The number of nitrogens with zero attached hydrogens (tertiary/aromatic N) is 4. The second-order valence-electron chi connectivity index (χ2n) is 6.13. The van der Waals surface area contributed by atoms with Crippen LogP contribution in [0.25, 0.3) is 22.7 Å². The van der Waals surface area contributed by atoms with Crippen molar-refractivity contribution in [2.24, 2.45) is 7.05 Å². The van der Waals surface area contributed by atoms with Gasteiger partial charge in [-0.3, -0.25) is 4.98 Å². The van der Waals surface area contributed by atoms with Crippen LogP contribution < -0.4 is 0 Å². The Labute approximate surface area is 170 Å². The zero-order valence-electron chi connectivity index (χ0n) is 15.1. The normalized spacial score (nSPS) is 13.2. The lowest BCUT2D eigenvalue weighted by atomic mass is 10.2. The lowest BCUT2D eigenvalue weighted by Gasteiger charge is -2.12. The molecule has 0 unspecified atom stereocenters. The summed E-state index contributed by atoms with van der Waals surface area (Å²) in [6.45, 7) is 1.23. The number of alkyl halides is 6. The van der Waals surface area contributed by atoms with Gasteiger partial charge in [-0.1, -0.05) is 18.5 Å². The molecule has 0 aliphatic heterocycles. The van der Waals surface area contributed by atoms with Crippen molar-refractivity contribution in [3.63, 3.8) is 0 Å². The number of halogens is 7. The highest BCUT2D eigenvalue weighted by Crippen LogP contribution is 2.37. The van der Waals surface area contributed by atoms with E-state index in [0.717, 1.165) is 4.57 Å². The lowest BCUT2D eigenvalue weighted by molar-refractivity contribution is -0.138. The summed E-state index contributed by atoms with van der Waals surface area (Å²) in [5.74, 6) is -0.816. The van der Waals surface area contributed by atoms with Crippen LogP contribution in [0.5, 0.6) is 0 Å². The van der Waals surface area contributed by atoms with Crippen LogP contribution in [0.1, 0.15) is 18.1 Å². The summed E-state index contributed by atoms with van der Waals surface area (Å²) < 4.78 is 104. The molecule has 6 nitrogen and oxygen atoms in total. The number of fused-ring (bicyclic) bond motifs is 1. The predicted molar refractivity (Wildman–Crippen MR) is 94.5 cm³/mol. The number of rotatable bonds is 3. The maximum atomic E-state index is 13.1. The van der Waals surface area contributed by atoms with Gasteiger partial charge in [0.2, 0.25) is 0 Å². The van der Waals surface area contributed by atoms with Crippen molar-refractivity contribution in [3.05, 3.63) is 34.6 Å². The summed E-state index contributed by atoms with van der Waals surface area (Å²) in [7, 11) is -2.90. The van der Waals surface area contributed by atoms with Crippen molar-refractivity contribution >= 4 is 32.6 Å². The fraction of sp³-hybridized carbons (Fsp3) is 0.312.